The summed E-state index contributed by atoms with van der Waals surface area (Å²) in [6.45, 7) is 2.02. The minimum atomic E-state index is 0.148. The third kappa shape index (κ3) is 4.27. The van der Waals surface area contributed by atoms with Gasteiger partial charge in [0.1, 0.15) is 0 Å². The summed E-state index contributed by atoms with van der Waals surface area (Å²) in [5, 5.41) is 0.819. The maximum atomic E-state index is 6.32. The minimum Gasteiger partial charge on any atom is -0.328 e. The van der Waals surface area contributed by atoms with Crippen molar-refractivity contribution < 1.29 is 0 Å². The summed E-state index contributed by atoms with van der Waals surface area (Å²) in [5.41, 5.74) is 8.44. The molecule has 0 saturated heterocycles. The van der Waals surface area contributed by atoms with Gasteiger partial charge in [0.05, 0.1) is 5.02 Å². The van der Waals surface area contributed by atoms with Gasteiger partial charge >= 0.3 is 0 Å². The average Bonchev–Trinajstić information content (AvgIpc) is 2.38. The van der Waals surface area contributed by atoms with Crippen molar-refractivity contribution in [3.8, 4) is 0 Å². The van der Waals surface area contributed by atoms with E-state index in [0.717, 1.165) is 22.1 Å². The number of nitrogens with two attached hydrogens (primary N) is 1. The molecule has 1 nitrogen and oxygen atoms in total. The largest absolute Gasteiger partial charge is 0.328 e. The molecule has 0 aliphatic heterocycles. The van der Waals surface area contributed by atoms with E-state index in [4.69, 9.17) is 17.3 Å². The molecule has 0 amide bonds. The van der Waals surface area contributed by atoms with Crippen LogP contribution in [0.4, 0.5) is 0 Å². The van der Waals surface area contributed by atoms with Gasteiger partial charge in [-0.05, 0) is 30.5 Å². The van der Waals surface area contributed by atoms with Gasteiger partial charge in [0, 0.05) is 16.7 Å². The van der Waals surface area contributed by atoms with E-state index in [9.17, 15) is 0 Å². The standard InChI is InChI=1S/C16H18ClNS/c1-12(18)10-14-8-5-9-15(17)16(14)19-11-13-6-3-2-4-7-13/h2-9,12H,10-11,18H2,1H3. The van der Waals surface area contributed by atoms with E-state index in [1.807, 2.05) is 25.1 Å². The molecule has 1 unspecified atom stereocenters. The third-order valence-corrected chi connectivity index (χ3v) is 4.49. The van der Waals surface area contributed by atoms with Crippen LogP contribution in [0, 0.1) is 0 Å². The highest BCUT2D eigenvalue weighted by Gasteiger charge is 2.09. The predicted molar refractivity (Wildman–Crippen MR) is 84.8 cm³/mol. The SMILES string of the molecule is CC(N)Cc1cccc(Cl)c1SCc1ccccc1. The first-order chi connectivity index (χ1) is 9.16. The van der Waals surface area contributed by atoms with Gasteiger partial charge in [-0.25, -0.2) is 0 Å². The first-order valence-corrected chi connectivity index (χ1v) is 7.73. The maximum absolute atomic E-state index is 6.32. The fourth-order valence-electron chi connectivity index (χ4n) is 1.95. The van der Waals surface area contributed by atoms with Crippen LogP contribution in [0.15, 0.2) is 53.4 Å². The summed E-state index contributed by atoms with van der Waals surface area (Å²) in [6, 6.07) is 16.6. The molecule has 0 aliphatic carbocycles. The molecule has 1 atom stereocenters. The molecule has 0 saturated carbocycles. The highest BCUT2D eigenvalue weighted by molar-refractivity contribution is 7.98. The van der Waals surface area contributed by atoms with E-state index in [1.54, 1.807) is 11.8 Å². The normalized spacial score (nSPS) is 12.4. The zero-order valence-electron chi connectivity index (χ0n) is 11.0. The summed E-state index contributed by atoms with van der Waals surface area (Å²) in [6.07, 6.45) is 0.859. The number of benzene rings is 2. The van der Waals surface area contributed by atoms with Crippen molar-refractivity contribution in [1.82, 2.24) is 0 Å². The maximum Gasteiger partial charge on any atom is 0.0544 e. The summed E-state index contributed by atoms with van der Waals surface area (Å²) in [7, 11) is 0. The summed E-state index contributed by atoms with van der Waals surface area (Å²) in [4.78, 5) is 1.16. The van der Waals surface area contributed by atoms with Gasteiger partial charge in [-0.3, -0.25) is 0 Å². The van der Waals surface area contributed by atoms with Crippen LogP contribution in [0.25, 0.3) is 0 Å². The monoisotopic (exact) mass is 291 g/mol. The summed E-state index contributed by atoms with van der Waals surface area (Å²) in [5.74, 6) is 0.927. The van der Waals surface area contributed by atoms with Crippen LogP contribution < -0.4 is 5.73 Å². The van der Waals surface area contributed by atoms with Gasteiger partial charge in [0.15, 0.2) is 0 Å². The van der Waals surface area contributed by atoms with Gasteiger partial charge in [-0.15, -0.1) is 11.8 Å². The van der Waals surface area contributed by atoms with Crippen molar-refractivity contribution in [2.75, 3.05) is 0 Å². The van der Waals surface area contributed by atoms with Crippen molar-refractivity contribution in [3.05, 3.63) is 64.7 Å². The lowest BCUT2D eigenvalue weighted by Gasteiger charge is -2.13. The molecule has 2 N–H and O–H groups in total. The third-order valence-electron chi connectivity index (χ3n) is 2.82. The van der Waals surface area contributed by atoms with Crippen LogP contribution >= 0.6 is 23.4 Å². The number of rotatable bonds is 5. The topological polar surface area (TPSA) is 26.0 Å². The fraction of sp³-hybridized carbons (Fsp3) is 0.250. The van der Waals surface area contributed by atoms with Crippen LogP contribution in [-0.4, -0.2) is 6.04 Å². The second kappa shape index (κ2) is 6.99. The molecule has 0 fully saturated rings. The number of hydrogen-bond acceptors (Lipinski definition) is 2. The zero-order chi connectivity index (χ0) is 13.7. The molecule has 0 heterocycles. The highest BCUT2D eigenvalue weighted by Crippen LogP contribution is 2.33. The van der Waals surface area contributed by atoms with E-state index < -0.39 is 0 Å². The molecule has 0 bridgehead atoms. The number of halogens is 1. The van der Waals surface area contributed by atoms with E-state index in [2.05, 4.69) is 30.3 Å². The van der Waals surface area contributed by atoms with Gasteiger partial charge in [0.2, 0.25) is 0 Å². The molecule has 2 aromatic carbocycles. The van der Waals surface area contributed by atoms with Crippen molar-refractivity contribution in [2.45, 2.75) is 30.0 Å². The molecular weight excluding hydrogens is 274 g/mol. The molecular formula is C16H18ClNS. The second-order valence-corrected chi connectivity index (χ2v) is 6.08. The Kier molecular flexibility index (Phi) is 5.32. The van der Waals surface area contributed by atoms with E-state index in [0.29, 0.717) is 0 Å². The van der Waals surface area contributed by atoms with Crippen LogP contribution in [-0.2, 0) is 12.2 Å². The summed E-state index contributed by atoms with van der Waals surface area (Å²) < 4.78 is 0. The van der Waals surface area contributed by atoms with Crippen LogP contribution in [0.5, 0.6) is 0 Å². The fourth-order valence-corrected chi connectivity index (χ4v) is 3.36. The first kappa shape index (κ1) is 14.4. The van der Waals surface area contributed by atoms with E-state index in [-0.39, 0.29) is 6.04 Å². The molecule has 2 aromatic rings. The minimum absolute atomic E-state index is 0.148. The second-order valence-electron chi connectivity index (χ2n) is 4.68. The number of hydrogen-bond donors (Lipinski definition) is 1. The van der Waals surface area contributed by atoms with Crippen LogP contribution in [0.2, 0.25) is 5.02 Å². The van der Waals surface area contributed by atoms with E-state index >= 15 is 0 Å². The van der Waals surface area contributed by atoms with E-state index in [1.165, 1.54) is 11.1 Å². The van der Waals surface area contributed by atoms with Crippen molar-refractivity contribution >= 4 is 23.4 Å². The Bertz CT molecular complexity index is 526. The smallest absolute Gasteiger partial charge is 0.0544 e. The lowest BCUT2D eigenvalue weighted by atomic mass is 10.1. The number of thioether (sulfide) groups is 1. The van der Waals surface area contributed by atoms with Crippen molar-refractivity contribution in [3.63, 3.8) is 0 Å². The Balaban J connectivity index is 2.14. The van der Waals surface area contributed by atoms with Crippen molar-refractivity contribution in [1.29, 1.82) is 0 Å². The van der Waals surface area contributed by atoms with Gasteiger partial charge in [-0.2, -0.15) is 0 Å². The zero-order valence-corrected chi connectivity index (χ0v) is 12.5. The Morgan fingerprint density at radius 3 is 2.53 bits per heavy atom. The predicted octanol–water partition coefficient (Wildman–Crippen LogP) is 4.52. The molecule has 0 spiro atoms. The highest BCUT2D eigenvalue weighted by atomic mass is 35.5. The van der Waals surface area contributed by atoms with Crippen molar-refractivity contribution in [2.24, 2.45) is 5.73 Å². The van der Waals surface area contributed by atoms with Gasteiger partial charge < -0.3 is 5.73 Å². The molecule has 0 aliphatic rings. The lowest BCUT2D eigenvalue weighted by molar-refractivity contribution is 0.729. The summed E-state index contributed by atoms with van der Waals surface area (Å²) >= 11 is 8.10. The molecule has 0 aromatic heterocycles. The molecule has 100 valence electrons. The Labute approximate surface area is 124 Å². The average molecular weight is 292 g/mol. The van der Waals surface area contributed by atoms with Gasteiger partial charge in [-0.1, -0.05) is 54.1 Å². The van der Waals surface area contributed by atoms with Crippen LogP contribution in [0.1, 0.15) is 18.1 Å². The molecule has 19 heavy (non-hydrogen) atoms. The Hall–Kier alpha value is -0.960. The Morgan fingerprint density at radius 2 is 1.84 bits per heavy atom. The Morgan fingerprint density at radius 1 is 1.11 bits per heavy atom. The quantitative estimate of drug-likeness (QED) is 0.820. The molecule has 0 radical (unpaired) electrons. The molecule has 2 rings (SSSR count). The van der Waals surface area contributed by atoms with Crippen LogP contribution in [0.3, 0.4) is 0 Å². The lowest BCUT2D eigenvalue weighted by Crippen LogP contribution is -2.18. The molecule has 3 heteroatoms. The first-order valence-electron chi connectivity index (χ1n) is 6.36. The van der Waals surface area contributed by atoms with Gasteiger partial charge in [0.25, 0.3) is 0 Å².